The van der Waals surface area contributed by atoms with E-state index in [4.69, 9.17) is 0 Å². The number of likely N-dealkylation sites (tertiary alicyclic amines) is 1. The van der Waals surface area contributed by atoms with Crippen LogP contribution in [0.1, 0.15) is 50.0 Å². The molecule has 1 N–H and O–H groups in total. The van der Waals surface area contributed by atoms with Crippen molar-refractivity contribution in [2.45, 2.75) is 45.6 Å². The van der Waals surface area contributed by atoms with E-state index >= 15 is 0 Å². The summed E-state index contributed by atoms with van der Waals surface area (Å²) in [7, 11) is 0. The Balaban J connectivity index is 2.07. The third kappa shape index (κ3) is 3.21. The van der Waals surface area contributed by atoms with Gasteiger partial charge in [0.15, 0.2) is 0 Å². The molecule has 1 amide bonds. The number of hydrogen-bond acceptors (Lipinski definition) is 2. The first-order valence-corrected chi connectivity index (χ1v) is 7.37. The summed E-state index contributed by atoms with van der Waals surface area (Å²) in [4.78, 5) is 14.3. The van der Waals surface area contributed by atoms with Crippen LogP contribution in [0.2, 0.25) is 0 Å². The first-order chi connectivity index (χ1) is 9.29. The van der Waals surface area contributed by atoms with Crippen molar-refractivity contribution in [1.82, 2.24) is 4.90 Å². The standard InChI is InChI=1S/C17H25NO2/c1-12(19)14-9-10-18(11-14)16(20)13-5-7-15(8-6-13)17(2,3)4/h5-8,12,14,19H,9-11H2,1-4H3. The maximum Gasteiger partial charge on any atom is 0.253 e. The zero-order valence-electron chi connectivity index (χ0n) is 12.9. The van der Waals surface area contributed by atoms with Crippen LogP contribution in [0.4, 0.5) is 0 Å². The number of aliphatic hydroxyl groups excluding tert-OH is 1. The Morgan fingerprint density at radius 3 is 2.35 bits per heavy atom. The van der Waals surface area contributed by atoms with E-state index in [-0.39, 0.29) is 23.3 Å². The number of carbonyl (C=O) groups excluding carboxylic acids is 1. The van der Waals surface area contributed by atoms with Crippen LogP contribution < -0.4 is 0 Å². The summed E-state index contributed by atoms with van der Waals surface area (Å²) in [6, 6.07) is 7.90. The Morgan fingerprint density at radius 1 is 1.30 bits per heavy atom. The summed E-state index contributed by atoms with van der Waals surface area (Å²) in [6.45, 7) is 9.70. The average Bonchev–Trinajstić information content (AvgIpc) is 2.86. The molecule has 1 aromatic rings. The lowest BCUT2D eigenvalue weighted by Crippen LogP contribution is -2.30. The number of benzene rings is 1. The van der Waals surface area contributed by atoms with E-state index in [2.05, 4.69) is 20.8 Å². The molecule has 1 saturated heterocycles. The highest BCUT2D eigenvalue weighted by atomic mass is 16.3. The van der Waals surface area contributed by atoms with Gasteiger partial charge in [-0.25, -0.2) is 0 Å². The molecule has 2 unspecified atom stereocenters. The van der Waals surface area contributed by atoms with Gasteiger partial charge in [0.25, 0.3) is 5.91 Å². The van der Waals surface area contributed by atoms with Gasteiger partial charge in [0.1, 0.15) is 0 Å². The lowest BCUT2D eigenvalue weighted by atomic mass is 9.86. The normalized spacial score (nSPS) is 21.1. The Morgan fingerprint density at radius 2 is 1.90 bits per heavy atom. The molecule has 3 heteroatoms. The van der Waals surface area contributed by atoms with E-state index in [0.717, 1.165) is 18.5 Å². The number of rotatable bonds is 2. The van der Waals surface area contributed by atoms with Crippen LogP contribution in [0.25, 0.3) is 0 Å². The Kier molecular flexibility index (Phi) is 4.19. The summed E-state index contributed by atoms with van der Waals surface area (Å²) in [5.74, 6) is 0.293. The summed E-state index contributed by atoms with van der Waals surface area (Å²) in [5.41, 5.74) is 2.08. The van der Waals surface area contributed by atoms with Gasteiger partial charge in [-0.2, -0.15) is 0 Å². The predicted octanol–water partition coefficient (Wildman–Crippen LogP) is 2.83. The highest BCUT2D eigenvalue weighted by molar-refractivity contribution is 5.94. The summed E-state index contributed by atoms with van der Waals surface area (Å²) in [5, 5.41) is 9.61. The van der Waals surface area contributed by atoms with Crippen LogP contribution in [0.15, 0.2) is 24.3 Å². The van der Waals surface area contributed by atoms with Crippen molar-refractivity contribution < 1.29 is 9.90 Å². The number of carbonyl (C=O) groups is 1. The fourth-order valence-electron chi connectivity index (χ4n) is 2.66. The lowest BCUT2D eigenvalue weighted by Gasteiger charge is -2.21. The van der Waals surface area contributed by atoms with Crippen molar-refractivity contribution in [3.8, 4) is 0 Å². The van der Waals surface area contributed by atoms with Gasteiger partial charge in [-0.15, -0.1) is 0 Å². The van der Waals surface area contributed by atoms with Gasteiger partial charge >= 0.3 is 0 Å². The molecule has 20 heavy (non-hydrogen) atoms. The number of nitrogens with zero attached hydrogens (tertiary/aromatic N) is 1. The molecule has 0 bridgehead atoms. The van der Waals surface area contributed by atoms with Crippen molar-refractivity contribution in [3.05, 3.63) is 35.4 Å². The Hall–Kier alpha value is -1.35. The van der Waals surface area contributed by atoms with E-state index in [1.807, 2.05) is 29.2 Å². The maximum atomic E-state index is 12.4. The molecular formula is C17H25NO2. The maximum absolute atomic E-state index is 12.4. The van der Waals surface area contributed by atoms with E-state index in [0.29, 0.717) is 6.54 Å². The zero-order chi connectivity index (χ0) is 14.9. The van der Waals surface area contributed by atoms with Gasteiger partial charge in [-0.3, -0.25) is 4.79 Å². The molecule has 2 rings (SSSR count). The first kappa shape index (κ1) is 15.0. The van der Waals surface area contributed by atoms with Gasteiger partial charge in [0.2, 0.25) is 0 Å². The minimum Gasteiger partial charge on any atom is -0.393 e. The summed E-state index contributed by atoms with van der Waals surface area (Å²) < 4.78 is 0. The van der Waals surface area contributed by atoms with E-state index in [1.54, 1.807) is 6.92 Å². The third-order valence-corrected chi connectivity index (χ3v) is 4.19. The molecule has 1 aliphatic rings. The van der Waals surface area contributed by atoms with Crippen LogP contribution in [0, 0.1) is 5.92 Å². The van der Waals surface area contributed by atoms with Gasteiger partial charge in [0.05, 0.1) is 6.10 Å². The monoisotopic (exact) mass is 275 g/mol. The average molecular weight is 275 g/mol. The van der Waals surface area contributed by atoms with Crippen LogP contribution in [-0.4, -0.2) is 35.1 Å². The van der Waals surface area contributed by atoms with E-state index in [9.17, 15) is 9.90 Å². The molecule has 0 aliphatic carbocycles. The van der Waals surface area contributed by atoms with Crippen LogP contribution >= 0.6 is 0 Å². The molecule has 0 aromatic heterocycles. The van der Waals surface area contributed by atoms with Crippen molar-refractivity contribution in [2.24, 2.45) is 5.92 Å². The number of amides is 1. The molecule has 1 aliphatic heterocycles. The molecule has 0 saturated carbocycles. The largest absolute Gasteiger partial charge is 0.393 e. The van der Waals surface area contributed by atoms with Gasteiger partial charge in [-0.1, -0.05) is 32.9 Å². The second-order valence-electron chi connectivity index (χ2n) is 6.87. The Labute approximate surface area is 121 Å². The van der Waals surface area contributed by atoms with Gasteiger partial charge < -0.3 is 10.0 Å². The molecule has 2 atom stereocenters. The van der Waals surface area contributed by atoms with Crippen molar-refractivity contribution in [2.75, 3.05) is 13.1 Å². The van der Waals surface area contributed by atoms with Gasteiger partial charge in [0, 0.05) is 24.6 Å². The molecule has 1 aromatic carbocycles. The molecule has 0 spiro atoms. The first-order valence-electron chi connectivity index (χ1n) is 7.37. The van der Waals surface area contributed by atoms with Crippen molar-refractivity contribution in [3.63, 3.8) is 0 Å². The SMILES string of the molecule is CC(O)C1CCN(C(=O)c2ccc(C(C)(C)C)cc2)C1. The molecule has 3 nitrogen and oxygen atoms in total. The van der Waals surface area contributed by atoms with E-state index in [1.165, 1.54) is 5.56 Å². The molecule has 110 valence electrons. The smallest absolute Gasteiger partial charge is 0.253 e. The summed E-state index contributed by atoms with van der Waals surface area (Å²) >= 11 is 0. The second kappa shape index (κ2) is 5.57. The molecule has 1 fully saturated rings. The lowest BCUT2D eigenvalue weighted by molar-refractivity contribution is 0.0762. The Bertz CT molecular complexity index is 471. The van der Waals surface area contributed by atoms with E-state index < -0.39 is 0 Å². The minimum atomic E-state index is -0.337. The second-order valence-corrected chi connectivity index (χ2v) is 6.87. The number of hydrogen-bond donors (Lipinski definition) is 1. The van der Waals surface area contributed by atoms with Gasteiger partial charge in [-0.05, 0) is 36.5 Å². The molecular weight excluding hydrogens is 250 g/mol. The van der Waals surface area contributed by atoms with Crippen molar-refractivity contribution in [1.29, 1.82) is 0 Å². The highest BCUT2D eigenvalue weighted by Crippen LogP contribution is 2.24. The summed E-state index contributed by atoms with van der Waals surface area (Å²) in [6.07, 6.45) is 0.555. The van der Waals surface area contributed by atoms with Crippen molar-refractivity contribution >= 4 is 5.91 Å². The fraction of sp³-hybridized carbons (Fsp3) is 0.588. The minimum absolute atomic E-state index is 0.0774. The molecule has 0 radical (unpaired) electrons. The highest BCUT2D eigenvalue weighted by Gasteiger charge is 2.29. The van der Waals surface area contributed by atoms with Crippen LogP contribution in [-0.2, 0) is 5.41 Å². The predicted molar refractivity (Wildman–Crippen MR) is 80.8 cm³/mol. The zero-order valence-corrected chi connectivity index (χ0v) is 12.9. The number of aliphatic hydroxyl groups is 1. The fourth-order valence-corrected chi connectivity index (χ4v) is 2.66. The van der Waals surface area contributed by atoms with Crippen LogP contribution in [0.5, 0.6) is 0 Å². The quantitative estimate of drug-likeness (QED) is 0.901. The molecule has 1 heterocycles. The topological polar surface area (TPSA) is 40.5 Å². The third-order valence-electron chi connectivity index (χ3n) is 4.19. The van der Waals surface area contributed by atoms with Crippen LogP contribution in [0.3, 0.4) is 0 Å².